The van der Waals surface area contributed by atoms with Crippen LogP contribution in [0, 0.1) is 17.6 Å². The number of likely N-dealkylation sites (tertiary alicyclic amines) is 1. The summed E-state index contributed by atoms with van der Waals surface area (Å²) in [4.78, 5) is 7.33. The molecule has 1 saturated heterocycles. The average Bonchev–Trinajstić information content (AvgIpc) is 3.13. The van der Waals surface area contributed by atoms with E-state index in [1.807, 2.05) is 34.1 Å². The van der Waals surface area contributed by atoms with Gasteiger partial charge in [-0.3, -0.25) is 14.2 Å². The number of para-hydroxylation sites is 1. The molecule has 200 valence electrons. The van der Waals surface area contributed by atoms with Crippen molar-refractivity contribution in [2.45, 2.75) is 44.8 Å². The van der Waals surface area contributed by atoms with Crippen LogP contribution in [0.25, 0.3) is 10.9 Å². The Morgan fingerprint density at radius 2 is 1.78 bits per heavy atom. The molecular formula is C29H35F4N3O. The Hall–Kier alpha value is -2.58. The Labute approximate surface area is 215 Å². The Bertz CT molecular complexity index is 1220. The van der Waals surface area contributed by atoms with Gasteiger partial charge in [0.25, 0.3) is 0 Å². The number of hydrogen-bond acceptors (Lipinski definition) is 3. The first kappa shape index (κ1) is 26.0. The molecule has 0 radical (unpaired) electrons. The summed E-state index contributed by atoms with van der Waals surface area (Å²) < 4.78 is 64.7. The zero-order valence-corrected chi connectivity index (χ0v) is 21.7. The minimum Gasteiger partial charge on any atom is -0.492 e. The summed E-state index contributed by atoms with van der Waals surface area (Å²) in [5.41, 5.74) is 0.980. The zero-order chi connectivity index (χ0) is 26.3. The molecule has 0 amide bonds. The van der Waals surface area contributed by atoms with Gasteiger partial charge in [-0.15, -0.1) is 0 Å². The van der Waals surface area contributed by atoms with E-state index in [1.165, 1.54) is 26.0 Å². The van der Waals surface area contributed by atoms with E-state index < -0.39 is 23.3 Å². The van der Waals surface area contributed by atoms with E-state index in [9.17, 15) is 8.78 Å². The van der Waals surface area contributed by atoms with Crippen LogP contribution in [-0.2, 0) is 0 Å². The van der Waals surface area contributed by atoms with E-state index >= 15 is 8.78 Å². The summed E-state index contributed by atoms with van der Waals surface area (Å²) >= 11 is 0. The molecule has 2 aliphatic heterocycles. The van der Waals surface area contributed by atoms with Crippen LogP contribution in [0.1, 0.15) is 56.0 Å². The molecule has 1 N–H and O–H groups in total. The summed E-state index contributed by atoms with van der Waals surface area (Å²) in [6.45, 7) is 7.47. The van der Waals surface area contributed by atoms with Crippen LogP contribution >= 0.6 is 0 Å². The topological polar surface area (TPSA) is 31.5 Å². The molecule has 0 saturated carbocycles. The highest BCUT2D eigenvalue weighted by Crippen LogP contribution is 2.44. The normalized spacial score (nSPS) is 21.6. The molecule has 3 heterocycles. The third-order valence-electron chi connectivity index (χ3n) is 7.59. The average molecular weight is 518 g/mol. The number of nitrogens with one attached hydrogen (secondary N) is 1. The van der Waals surface area contributed by atoms with Crippen LogP contribution in [0.15, 0.2) is 36.4 Å². The minimum atomic E-state index is -1.55. The van der Waals surface area contributed by atoms with Crippen molar-refractivity contribution in [1.29, 1.82) is 0 Å². The maximum atomic E-state index is 15.7. The SMILES string of the molecule is C[C@@H]1CCN(CC(C)(C)F)[C@H](c2c(F)cc(OCCN3CC(CF)C3)cc2F)c2[nH]c3ccccc3c21. The maximum absolute atomic E-state index is 15.7. The molecule has 0 bridgehead atoms. The minimum absolute atomic E-state index is 0.0338. The first-order valence-electron chi connectivity index (χ1n) is 13.1. The van der Waals surface area contributed by atoms with Crippen molar-refractivity contribution < 1.29 is 22.3 Å². The van der Waals surface area contributed by atoms with Crippen molar-refractivity contribution in [3.05, 3.63) is 64.9 Å². The predicted molar refractivity (Wildman–Crippen MR) is 138 cm³/mol. The van der Waals surface area contributed by atoms with E-state index in [2.05, 4.69) is 11.9 Å². The molecule has 0 aliphatic carbocycles. The summed E-state index contributed by atoms with van der Waals surface area (Å²) in [7, 11) is 0. The predicted octanol–water partition coefficient (Wildman–Crippen LogP) is 6.37. The first-order valence-corrected chi connectivity index (χ1v) is 13.1. The van der Waals surface area contributed by atoms with Crippen LogP contribution in [-0.4, -0.2) is 66.5 Å². The molecule has 37 heavy (non-hydrogen) atoms. The Morgan fingerprint density at radius 1 is 1.08 bits per heavy atom. The second-order valence-corrected chi connectivity index (χ2v) is 11.2. The van der Waals surface area contributed by atoms with E-state index in [0.717, 1.165) is 22.9 Å². The van der Waals surface area contributed by atoms with Crippen molar-refractivity contribution in [3.8, 4) is 5.75 Å². The molecule has 5 rings (SSSR count). The molecule has 2 atom stereocenters. The number of halogens is 4. The number of ether oxygens (including phenoxy) is 1. The van der Waals surface area contributed by atoms with Gasteiger partial charge in [-0.05, 0) is 44.4 Å². The number of nitrogens with zero attached hydrogens (tertiary/aromatic N) is 2. The highest BCUT2D eigenvalue weighted by atomic mass is 19.1. The Morgan fingerprint density at radius 3 is 2.46 bits per heavy atom. The van der Waals surface area contributed by atoms with Gasteiger partial charge in [0.05, 0.1) is 12.7 Å². The molecule has 4 nitrogen and oxygen atoms in total. The van der Waals surface area contributed by atoms with Gasteiger partial charge in [-0.25, -0.2) is 13.2 Å². The van der Waals surface area contributed by atoms with Gasteiger partial charge in [-0.1, -0.05) is 25.1 Å². The second kappa shape index (κ2) is 10.3. The van der Waals surface area contributed by atoms with E-state index in [0.29, 0.717) is 31.9 Å². The number of benzene rings is 2. The fourth-order valence-electron chi connectivity index (χ4n) is 5.88. The van der Waals surface area contributed by atoms with E-state index in [-0.39, 0.29) is 43.0 Å². The lowest BCUT2D eigenvalue weighted by Crippen LogP contribution is -2.49. The number of hydrogen-bond donors (Lipinski definition) is 1. The molecule has 1 aromatic heterocycles. The van der Waals surface area contributed by atoms with Crippen LogP contribution in [0.3, 0.4) is 0 Å². The summed E-state index contributed by atoms with van der Waals surface area (Å²) in [5.74, 6) is -1.13. The van der Waals surface area contributed by atoms with Crippen molar-refractivity contribution in [2.24, 2.45) is 5.92 Å². The highest BCUT2D eigenvalue weighted by molar-refractivity contribution is 5.85. The van der Waals surface area contributed by atoms with Gasteiger partial charge < -0.3 is 9.72 Å². The number of fused-ring (bicyclic) bond motifs is 3. The number of rotatable bonds is 8. The van der Waals surface area contributed by atoms with Gasteiger partial charge in [0.15, 0.2) is 0 Å². The fourth-order valence-corrected chi connectivity index (χ4v) is 5.88. The van der Waals surface area contributed by atoms with Crippen molar-refractivity contribution >= 4 is 10.9 Å². The lowest BCUT2D eigenvalue weighted by Gasteiger charge is -2.37. The van der Waals surface area contributed by atoms with Gasteiger partial charge in [0.1, 0.15) is 29.7 Å². The zero-order valence-electron chi connectivity index (χ0n) is 21.7. The van der Waals surface area contributed by atoms with Crippen LogP contribution in [0.2, 0.25) is 0 Å². The fraction of sp³-hybridized carbons (Fsp3) is 0.517. The van der Waals surface area contributed by atoms with Gasteiger partial charge in [0, 0.05) is 66.4 Å². The summed E-state index contributed by atoms with van der Waals surface area (Å²) in [6.07, 6.45) is 0.742. The van der Waals surface area contributed by atoms with Gasteiger partial charge in [-0.2, -0.15) is 0 Å². The second-order valence-electron chi connectivity index (χ2n) is 11.2. The van der Waals surface area contributed by atoms with Gasteiger partial charge >= 0.3 is 0 Å². The molecular weight excluding hydrogens is 482 g/mol. The highest BCUT2D eigenvalue weighted by Gasteiger charge is 2.38. The largest absolute Gasteiger partial charge is 0.492 e. The number of H-pyrrole nitrogens is 1. The maximum Gasteiger partial charge on any atom is 0.135 e. The van der Waals surface area contributed by atoms with Crippen molar-refractivity contribution in [1.82, 2.24) is 14.8 Å². The smallest absolute Gasteiger partial charge is 0.135 e. The van der Waals surface area contributed by atoms with Crippen LogP contribution in [0.4, 0.5) is 17.6 Å². The van der Waals surface area contributed by atoms with Crippen molar-refractivity contribution in [2.75, 3.05) is 46.0 Å². The van der Waals surface area contributed by atoms with E-state index in [4.69, 9.17) is 4.74 Å². The third-order valence-corrected chi connectivity index (χ3v) is 7.59. The lowest BCUT2D eigenvalue weighted by atomic mass is 9.92. The standard InChI is InChI=1S/C29H35F4N3O/c1-18-8-9-36(17-29(2,3)33)28(27-25(18)21-6-4-5-7-24(21)34-27)26-22(31)12-20(13-23(26)32)37-11-10-35-15-19(14-30)16-35/h4-7,12-13,18-19,28,34H,8-11,14-17H2,1-3H3/t18-,28-/m1/s1. The molecule has 0 unspecified atom stereocenters. The molecule has 8 heteroatoms. The molecule has 2 aliphatic rings. The molecule has 3 aromatic rings. The van der Waals surface area contributed by atoms with Crippen LogP contribution in [0.5, 0.6) is 5.75 Å². The number of alkyl halides is 2. The third kappa shape index (κ3) is 5.36. The Kier molecular flexibility index (Phi) is 7.24. The quantitative estimate of drug-likeness (QED) is 0.352. The molecule has 2 aromatic carbocycles. The van der Waals surface area contributed by atoms with Crippen molar-refractivity contribution in [3.63, 3.8) is 0 Å². The van der Waals surface area contributed by atoms with Gasteiger partial charge in [0.2, 0.25) is 0 Å². The monoisotopic (exact) mass is 517 g/mol. The molecule has 1 fully saturated rings. The molecule has 0 spiro atoms. The number of aromatic amines is 1. The first-order chi connectivity index (χ1) is 17.6. The summed E-state index contributed by atoms with van der Waals surface area (Å²) in [6, 6.07) is 9.47. The van der Waals surface area contributed by atoms with E-state index in [1.54, 1.807) is 0 Å². The summed E-state index contributed by atoms with van der Waals surface area (Å²) in [5, 5.41) is 1.03. The lowest BCUT2D eigenvalue weighted by molar-refractivity contribution is 0.0667. The van der Waals surface area contributed by atoms with Crippen LogP contribution < -0.4 is 4.74 Å². The number of aromatic nitrogens is 1. The Balaban J connectivity index is 1.49.